The molecule has 3 aliphatic rings. The van der Waals surface area contributed by atoms with Gasteiger partial charge in [0, 0.05) is 13.0 Å². The van der Waals surface area contributed by atoms with Gasteiger partial charge in [0.25, 0.3) is 0 Å². The average molecular weight is 505 g/mol. The van der Waals surface area contributed by atoms with Crippen molar-refractivity contribution in [2.24, 2.45) is 23.7 Å². The van der Waals surface area contributed by atoms with Crippen molar-refractivity contribution >= 4 is 35.1 Å². The number of nitrogens with zero attached hydrogens (tertiary/aromatic N) is 2. The Labute approximate surface area is 216 Å². The number of fused-ring (bicyclic) bond motifs is 1. The summed E-state index contributed by atoms with van der Waals surface area (Å²) in [6, 6.07) is 12.2. The van der Waals surface area contributed by atoms with Crippen LogP contribution in [0.5, 0.6) is 11.5 Å². The summed E-state index contributed by atoms with van der Waals surface area (Å²) in [5.41, 5.74) is 1.85. The highest BCUT2D eigenvalue weighted by atomic mass is 16.5. The van der Waals surface area contributed by atoms with Crippen molar-refractivity contribution in [3.63, 3.8) is 0 Å². The van der Waals surface area contributed by atoms with Crippen molar-refractivity contribution in [1.82, 2.24) is 0 Å². The maximum absolute atomic E-state index is 13.1. The highest BCUT2D eigenvalue weighted by Gasteiger charge is 2.50. The van der Waals surface area contributed by atoms with Crippen molar-refractivity contribution in [1.29, 1.82) is 0 Å². The predicted molar refractivity (Wildman–Crippen MR) is 137 cm³/mol. The average Bonchev–Trinajstić information content (AvgIpc) is 3.37. The second-order valence-electron chi connectivity index (χ2n) is 10.3. The van der Waals surface area contributed by atoms with E-state index >= 15 is 0 Å². The van der Waals surface area contributed by atoms with Crippen LogP contribution in [0.3, 0.4) is 0 Å². The van der Waals surface area contributed by atoms with E-state index in [0.717, 1.165) is 19.3 Å². The molecule has 37 heavy (non-hydrogen) atoms. The zero-order valence-electron chi connectivity index (χ0n) is 21.4. The fourth-order valence-corrected chi connectivity index (χ4v) is 5.82. The van der Waals surface area contributed by atoms with Crippen molar-refractivity contribution in [2.75, 3.05) is 23.0 Å². The monoisotopic (exact) mass is 504 g/mol. The quantitative estimate of drug-likeness (QED) is 0.331. The van der Waals surface area contributed by atoms with E-state index in [1.54, 1.807) is 42.2 Å². The zero-order chi connectivity index (χ0) is 26.3. The van der Waals surface area contributed by atoms with Gasteiger partial charge in [-0.3, -0.25) is 19.2 Å². The van der Waals surface area contributed by atoms with Crippen LogP contribution >= 0.6 is 0 Å². The van der Waals surface area contributed by atoms with E-state index in [1.165, 1.54) is 4.90 Å². The Balaban J connectivity index is 1.28. The molecule has 5 rings (SSSR count). The second-order valence-corrected chi connectivity index (χ2v) is 10.3. The lowest BCUT2D eigenvalue weighted by Gasteiger charge is -2.25. The lowest BCUT2D eigenvalue weighted by Crippen LogP contribution is -2.31. The van der Waals surface area contributed by atoms with Crippen molar-refractivity contribution in [3.05, 3.63) is 48.0 Å². The minimum Gasteiger partial charge on any atom is -0.492 e. The van der Waals surface area contributed by atoms with Crippen molar-refractivity contribution < 1.29 is 28.7 Å². The van der Waals surface area contributed by atoms with E-state index in [-0.39, 0.29) is 42.5 Å². The number of ether oxygens (including phenoxy) is 2. The SMILES string of the molecule is CCOc1ccccc1N1C[C@H](C(=O)Oc2ccc(N3C(=O)[C@H]4C[C@@H](C)CC[C@H]4C3=O)c(C)c2)CC1=O. The van der Waals surface area contributed by atoms with Crippen molar-refractivity contribution in [2.45, 2.75) is 46.5 Å². The van der Waals surface area contributed by atoms with Gasteiger partial charge in [0.1, 0.15) is 11.5 Å². The van der Waals surface area contributed by atoms with E-state index in [2.05, 4.69) is 6.92 Å². The molecule has 3 fully saturated rings. The molecule has 0 aromatic heterocycles. The van der Waals surface area contributed by atoms with E-state index in [0.29, 0.717) is 41.0 Å². The third-order valence-electron chi connectivity index (χ3n) is 7.73. The molecule has 194 valence electrons. The standard InChI is InChI=1S/C29H32N2O6/c1-4-36-25-8-6-5-7-24(25)30-16-19(15-26(30)32)29(35)37-20-10-12-23(18(3)14-20)31-27(33)21-11-9-17(2)13-22(21)28(31)34/h5-8,10,12,14,17,19,21-22H,4,9,11,13,15-16H2,1-3H3/t17-,19+,21+,22-/m0/s1. The molecule has 0 N–H and O–H groups in total. The normalized spacial score (nSPS) is 25.4. The third kappa shape index (κ3) is 4.61. The lowest BCUT2D eigenvalue weighted by molar-refractivity contribution is -0.139. The summed E-state index contributed by atoms with van der Waals surface area (Å²) in [6.07, 6.45) is 2.50. The van der Waals surface area contributed by atoms with Gasteiger partial charge >= 0.3 is 5.97 Å². The number of carbonyl (C=O) groups excluding carboxylic acids is 4. The van der Waals surface area contributed by atoms with Crippen LogP contribution in [0.15, 0.2) is 42.5 Å². The first kappa shape index (κ1) is 25.0. The number of hydrogen-bond donors (Lipinski definition) is 0. The Morgan fingerprint density at radius 2 is 1.76 bits per heavy atom. The molecule has 3 amide bonds. The van der Waals surface area contributed by atoms with E-state index in [4.69, 9.17) is 9.47 Å². The van der Waals surface area contributed by atoms with Gasteiger partial charge in [0.05, 0.1) is 35.7 Å². The second kappa shape index (κ2) is 10.00. The van der Waals surface area contributed by atoms with Gasteiger partial charge in [-0.2, -0.15) is 0 Å². The first-order valence-corrected chi connectivity index (χ1v) is 13.0. The Morgan fingerprint density at radius 3 is 2.51 bits per heavy atom. The summed E-state index contributed by atoms with van der Waals surface area (Å²) in [6.45, 7) is 6.47. The van der Waals surface area contributed by atoms with E-state index in [9.17, 15) is 19.2 Å². The maximum Gasteiger partial charge on any atom is 0.316 e. The van der Waals surface area contributed by atoms with Crippen LogP contribution in [-0.4, -0.2) is 36.8 Å². The molecule has 2 aliphatic heterocycles. The topological polar surface area (TPSA) is 93.2 Å². The number of hydrogen-bond acceptors (Lipinski definition) is 6. The molecule has 2 aromatic carbocycles. The fourth-order valence-electron chi connectivity index (χ4n) is 5.82. The number of benzene rings is 2. The number of rotatable bonds is 6. The van der Waals surface area contributed by atoms with Gasteiger partial charge in [0.15, 0.2) is 0 Å². The summed E-state index contributed by atoms with van der Waals surface area (Å²) in [7, 11) is 0. The number of aryl methyl sites for hydroxylation is 1. The van der Waals surface area contributed by atoms with Gasteiger partial charge in [-0.05, 0) is 74.9 Å². The Morgan fingerprint density at radius 1 is 1.00 bits per heavy atom. The molecule has 2 saturated heterocycles. The first-order chi connectivity index (χ1) is 17.8. The highest BCUT2D eigenvalue weighted by Crippen LogP contribution is 2.43. The molecule has 0 bridgehead atoms. The van der Waals surface area contributed by atoms with Gasteiger partial charge in [-0.1, -0.05) is 19.1 Å². The smallest absolute Gasteiger partial charge is 0.316 e. The summed E-state index contributed by atoms with van der Waals surface area (Å²) in [4.78, 5) is 54.7. The van der Waals surface area contributed by atoms with Crippen LogP contribution in [0.2, 0.25) is 0 Å². The molecule has 0 spiro atoms. The number of imide groups is 1. The van der Waals surface area contributed by atoms with Gasteiger partial charge in [-0.15, -0.1) is 0 Å². The van der Waals surface area contributed by atoms with E-state index < -0.39 is 11.9 Å². The minimum absolute atomic E-state index is 0.0499. The van der Waals surface area contributed by atoms with Crippen LogP contribution in [0.1, 0.15) is 45.1 Å². The number of para-hydroxylation sites is 2. The Hall–Kier alpha value is -3.68. The van der Waals surface area contributed by atoms with Crippen LogP contribution in [0, 0.1) is 30.6 Å². The lowest BCUT2D eigenvalue weighted by atomic mass is 9.76. The molecule has 8 heteroatoms. The molecule has 2 aromatic rings. The minimum atomic E-state index is -0.617. The number of anilines is 2. The molecule has 4 atom stereocenters. The Kier molecular flexibility index (Phi) is 6.75. The van der Waals surface area contributed by atoms with Gasteiger partial charge < -0.3 is 14.4 Å². The summed E-state index contributed by atoms with van der Waals surface area (Å²) >= 11 is 0. The summed E-state index contributed by atoms with van der Waals surface area (Å²) in [5, 5.41) is 0. The number of esters is 1. The molecule has 1 saturated carbocycles. The van der Waals surface area contributed by atoms with Crippen LogP contribution < -0.4 is 19.3 Å². The summed E-state index contributed by atoms with van der Waals surface area (Å²) in [5.74, 6) is -0.678. The molecule has 0 radical (unpaired) electrons. The van der Waals surface area contributed by atoms with Crippen LogP contribution in [0.25, 0.3) is 0 Å². The molecule has 0 unspecified atom stereocenters. The largest absolute Gasteiger partial charge is 0.492 e. The summed E-state index contributed by atoms with van der Waals surface area (Å²) < 4.78 is 11.3. The first-order valence-electron chi connectivity index (χ1n) is 13.0. The maximum atomic E-state index is 13.1. The van der Waals surface area contributed by atoms with Gasteiger partial charge in [0.2, 0.25) is 17.7 Å². The van der Waals surface area contributed by atoms with Crippen LogP contribution in [-0.2, 0) is 19.2 Å². The molecular formula is C29H32N2O6. The van der Waals surface area contributed by atoms with Crippen LogP contribution in [0.4, 0.5) is 11.4 Å². The Bertz CT molecular complexity index is 1260. The predicted octanol–water partition coefficient (Wildman–Crippen LogP) is 4.28. The van der Waals surface area contributed by atoms with Gasteiger partial charge in [-0.25, -0.2) is 4.90 Å². The molecule has 2 heterocycles. The third-order valence-corrected chi connectivity index (χ3v) is 7.73. The zero-order valence-corrected chi connectivity index (χ0v) is 21.4. The number of amides is 3. The number of carbonyl (C=O) groups is 4. The molecular weight excluding hydrogens is 472 g/mol. The molecule has 1 aliphatic carbocycles. The van der Waals surface area contributed by atoms with E-state index in [1.807, 2.05) is 19.1 Å². The van der Waals surface area contributed by atoms with Crippen molar-refractivity contribution in [3.8, 4) is 11.5 Å². The fraction of sp³-hybridized carbons (Fsp3) is 0.448. The highest BCUT2D eigenvalue weighted by molar-refractivity contribution is 6.22. The molecule has 8 nitrogen and oxygen atoms in total.